The molecule has 0 amide bonds. The van der Waals surface area contributed by atoms with Crippen LogP contribution in [0.4, 0.5) is 0 Å². The molecule has 0 spiro atoms. The Bertz CT molecular complexity index is 2500. The standard InChI is InChI=1S/C36H25N3OS2/c1-18(19(2)31-20(3)33(22(16-37)17-38)40-36(31,4)5)27-15-28-34(41-27)30-25-11-8-9-21-13-14-24-23-10-6-7-12-26(23)39(35(30)42-28)32(24)29(21)25/h6-15H,1-5H3/b19-18+. The van der Waals surface area contributed by atoms with Gasteiger partial charge < -0.3 is 4.74 Å². The van der Waals surface area contributed by atoms with Gasteiger partial charge in [-0.15, -0.1) is 22.7 Å². The van der Waals surface area contributed by atoms with E-state index in [4.69, 9.17) is 4.74 Å². The van der Waals surface area contributed by atoms with Crippen molar-refractivity contribution in [3.63, 3.8) is 0 Å². The highest BCUT2D eigenvalue weighted by Gasteiger charge is 2.39. The molecule has 1 aliphatic heterocycles. The summed E-state index contributed by atoms with van der Waals surface area (Å²) in [7, 11) is 0. The number of benzene rings is 3. The zero-order chi connectivity index (χ0) is 29.1. The van der Waals surface area contributed by atoms with Gasteiger partial charge in [-0.05, 0) is 68.7 Å². The van der Waals surface area contributed by atoms with Gasteiger partial charge in [-0.25, -0.2) is 0 Å². The van der Waals surface area contributed by atoms with Crippen molar-refractivity contribution < 1.29 is 4.74 Å². The van der Waals surface area contributed by atoms with Gasteiger partial charge in [0, 0.05) is 42.3 Å². The molecule has 3 aromatic carbocycles. The third-order valence-electron chi connectivity index (χ3n) is 8.93. The Morgan fingerprint density at radius 3 is 2.40 bits per heavy atom. The molecule has 0 saturated carbocycles. The molecule has 0 N–H and O–H groups in total. The third-order valence-corrected chi connectivity index (χ3v) is 11.5. The summed E-state index contributed by atoms with van der Waals surface area (Å²) in [6, 6.07) is 26.3. The van der Waals surface area contributed by atoms with Crippen molar-refractivity contribution in [3.8, 4) is 12.1 Å². The monoisotopic (exact) mass is 579 g/mol. The van der Waals surface area contributed by atoms with E-state index in [-0.39, 0.29) is 5.57 Å². The molecule has 7 aromatic rings. The first-order chi connectivity index (χ1) is 20.2. The van der Waals surface area contributed by atoms with Crippen molar-refractivity contribution in [2.45, 2.75) is 40.2 Å². The Morgan fingerprint density at radius 2 is 1.62 bits per heavy atom. The summed E-state index contributed by atoms with van der Waals surface area (Å²) in [6.07, 6.45) is 0. The number of rotatable bonds is 2. The molecule has 0 saturated heterocycles. The van der Waals surface area contributed by atoms with Gasteiger partial charge in [-0.3, -0.25) is 4.40 Å². The second-order valence-corrected chi connectivity index (χ2v) is 13.7. The molecule has 0 atom stereocenters. The fourth-order valence-electron chi connectivity index (χ4n) is 7.12. The van der Waals surface area contributed by atoms with Crippen molar-refractivity contribution in [2.75, 3.05) is 0 Å². The number of nitriles is 2. The number of fused-ring (bicyclic) bond motifs is 8. The predicted molar refractivity (Wildman–Crippen MR) is 176 cm³/mol. The second-order valence-electron chi connectivity index (χ2n) is 11.6. The molecule has 4 nitrogen and oxygen atoms in total. The van der Waals surface area contributed by atoms with Crippen LogP contribution >= 0.6 is 22.7 Å². The average Bonchev–Trinajstić information content (AvgIpc) is 3.70. The van der Waals surface area contributed by atoms with Crippen LogP contribution in [0.25, 0.3) is 63.2 Å². The molecule has 0 bridgehead atoms. The molecule has 1 aliphatic rings. The average molecular weight is 580 g/mol. The Kier molecular flexibility index (Phi) is 5.06. The number of ether oxygens (including phenoxy) is 1. The van der Waals surface area contributed by atoms with Crippen LogP contribution in [0.5, 0.6) is 0 Å². The van der Waals surface area contributed by atoms with E-state index in [2.05, 4.69) is 78.9 Å². The van der Waals surface area contributed by atoms with E-state index in [0.29, 0.717) is 5.76 Å². The lowest BCUT2D eigenvalue weighted by atomic mass is 9.87. The first kappa shape index (κ1) is 25.1. The fraction of sp³-hybridized carbons (Fsp3) is 0.167. The van der Waals surface area contributed by atoms with Crippen molar-refractivity contribution in [3.05, 3.63) is 93.6 Å². The molecule has 0 unspecified atom stereocenters. The molecule has 6 heteroatoms. The van der Waals surface area contributed by atoms with E-state index in [1.165, 1.54) is 68.0 Å². The normalized spacial score (nSPS) is 15.8. The summed E-state index contributed by atoms with van der Waals surface area (Å²) in [6.45, 7) is 10.3. The molecule has 8 rings (SSSR count). The van der Waals surface area contributed by atoms with Crippen molar-refractivity contribution in [2.24, 2.45) is 0 Å². The highest BCUT2D eigenvalue weighted by atomic mass is 32.1. The lowest BCUT2D eigenvalue weighted by Crippen LogP contribution is -2.22. The molecule has 0 aliphatic carbocycles. The maximum Gasteiger partial charge on any atom is 0.171 e. The minimum absolute atomic E-state index is 0.0189. The summed E-state index contributed by atoms with van der Waals surface area (Å²) in [5.41, 5.74) is 6.14. The van der Waals surface area contributed by atoms with E-state index in [0.717, 1.165) is 16.7 Å². The Morgan fingerprint density at radius 1 is 0.857 bits per heavy atom. The highest BCUT2D eigenvalue weighted by molar-refractivity contribution is 7.33. The zero-order valence-corrected chi connectivity index (χ0v) is 25.5. The second kappa shape index (κ2) is 8.46. The van der Waals surface area contributed by atoms with Crippen LogP contribution in [0.1, 0.15) is 39.5 Å². The molecule has 42 heavy (non-hydrogen) atoms. The van der Waals surface area contributed by atoms with E-state index in [1.807, 2.05) is 55.6 Å². The number of allylic oxidation sites excluding steroid dienone is 3. The quantitative estimate of drug-likeness (QED) is 0.191. The van der Waals surface area contributed by atoms with Crippen LogP contribution in [0.3, 0.4) is 0 Å². The lowest BCUT2D eigenvalue weighted by molar-refractivity contribution is 0.0941. The molecule has 4 aromatic heterocycles. The summed E-state index contributed by atoms with van der Waals surface area (Å²) in [4.78, 5) is 2.51. The third kappa shape index (κ3) is 3.09. The van der Waals surface area contributed by atoms with Gasteiger partial charge in [0.2, 0.25) is 0 Å². The molecule has 5 heterocycles. The van der Waals surface area contributed by atoms with E-state index < -0.39 is 5.60 Å². The maximum absolute atomic E-state index is 9.50. The van der Waals surface area contributed by atoms with Crippen LogP contribution in [0, 0.1) is 22.7 Å². The van der Waals surface area contributed by atoms with Crippen molar-refractivity contribution in [1.82, 2.24) is 4.40 Å². The van der Waals surface area contributed by atoms with Crippen LogP contribution in [-0.2, 0) is 4.74 Å². The van der Waals surface area contributed by atoms with Crippen LogP contribution in [0.15, 0.2) is 88.7 Å². The Hall–Kier alpha value is -4.62. The Balaban J connectivity index is 1.42. The van der Waals surface area contributed by atoms with Gasteiger partial charge in [-0.1, -0.05) is 48.5 Å². The van der Waals surface area contributed by atoms with Crippen LogP contribution in [0.2, 0.25) is 0 Å². The van der Waals surface area contributed by atoms with Crippen LogP contribution < -0.4 is 0 Å². The minimum Gasteiger partial charge on any atom is -0.481 e. The van der Waals surface area contributed by atoms with Crippen LogP contribution in [-0.4, -0.2) is 10.0 Å². The minimum atomic E-state index is -0.641. The molecular weight excluding hydrogens is 555 g/mol. The number of hydrogen-bond donors (Lipinski definition) is 0. The maximum atomic E-state index is 9.50. The SMILES string of the molecule is CC1=C(/C(C)=C(\C)c2cc3sc4c(c5cccc6ccc7c8ccccc8n4c7c65)c3s2)C(C)(C)OC1=C(C#N)C#N. The molecular formula is C36H25N3OS2. The van der Waals surface area contributed by atoms with Gasteiger partial charge in [0.1, 0.15) is 22.6 Å². The van der Waals surface area contributed by atoms with Crippen molar-refractivity contribution >= 4 is 85.8 Å². The topological polar surface area (TPSA) is 61.2 Å². The molecule has 202 valence electrons. The number of nitrogens with zero attached hydrogens (tertiary/aromatic N) is 3. The van der Waals surface area contributed by atoms with Gasteiger partial charge in [-0.2, -0.15) is 10.5 Å². The zero-order valence-electron chi connectivity index (χ0n) is 23.8. The van der Waals surface area contributed by atoms with Crippen molar-refractivity contribution in [1.29, 1.82) is 10.5 Å². The van der Waals surface area contributed by atoms with E-state index >= 15 is 0 Å². The van der Waals surface area contributed by atoms with Gasteiger partial charge >= 0.3 is 0 Å². The Labute approximate surface area is 250 Å². The van der Waals surface area contributed by atoms with Gasteiger partial charge in [0.15, 0.2) is 11.3 Å². The van der Waals surface area contributed by atoms with Gasteiger partial charge in [0.25, 0.3) is 0 Å². The number of aromatic nitrogens is 1. The summed E-state index contributed by atoms with van der Waals surface area (Å²) < 4.78 is 11.3. The summed E-state index contributed by atoms with van der Waals surface area (Å²) >= 11 is 3.71. The predicted octanol–water partition coefficient (Wildman–Crippen LogP) is 10.5. The largest absolute Gasteiger partial charge is 0.481 e. The number of pyridine rings is 1. The summed E-state index contributed by atoms with van der Waals surface area (Å²) in [5.74, 6) is 0.394. The lowest BCUT2D eigenvalue weighted by Gasteiger charge is -2.24. The number of para-hydroxylation sites is 1. The number of thiophene rings is 2. The fourth-order valence-corrected chi connectivity index (χ4v) is 9.86. The van der Waals surface area contributed by atoms with E-state index in [1.54, 1.807) is 0 Å². The van der Waals surface area contributed by atoms with E-state index in [9.17, 15) is 10.5 Å². The molecule has 0 radical (unpaired) electrons. The van der Waals surface area contributed by atoms with Gasteiger partial charge in [0.05, 0.1) is 15.7 Å². The first-order valence-corrected chi connectivity index (χ1v) is 15.5. The summed E-state index contributed by atoms with van der Waals surface area (Å²) in [5, 5.41) is 26.8. The highest BCUT2D eigenvalue weighted by Crippen LogP contribution is 2.50. The smallest absolute Gasteiger partial charge is 0.171 e. The molecule has 0 fully saturated rings. The number of hydrogen-bond acceptors (Lipinski definition) is 5. The first-order valence-electron chi connectivity index (χ1n) is 13.9.